The number of hydrogen-bond acceptors (Lipinski definition) is 2. The fraction of sp³-hybridized carbons (Fsp3) is 0.800. The van der Waals surface area contributed by atoms with Crippen molar-refractivity contribution in [1.82, 2.24) is 4.90 Å². The van der Waals surface area contributed by atoms with Gasteiger partial charge >= 0.3 is 5.97 Å². The van der Waals surface area contributed by atoms with Crippen LogP contribution in [0.4, 0.5) is 0 Å². The molecule has 1 fully saturated rings. The number of carbonyl (C=O) groups excluding carboxylic acids is 1. The van der Waals surface area contributed by atoms with Gasteiger partial charge in [-0.3, -0.25) is 9.59 Å². The van der Waals surface area contributed by atoms with Gasteiger partial charge in [0.1, 0.15) is 0 Å². The molecule has 80 valence electrons. The smallest absolute Gasteiger partial charge is 0.306 e. The van der Waals surface area contributed by atoms with E-state index in [9.17, 15) is 9.59 Å². The Kier molecular flexibility index (Phi) is 3.49. The molecule has 0 radical (unpaired) electrons. The van der Waals surface area contributed by atoms with Crippen molar-refractivity contribution in [3.63, 3.8) is 0 Å². The number of carboxylic acid groups (broad SMARTS) is 1. The third-order valence-electron chi connectivity index (χ3n) is 2.95. The number of carbonyl (C=O) groups is 2. The Morgan fingerprint density at radius 3 is 2.64 bits per heavy atom. The summed E-state index contributed by atoms with van der Waals surface area (Å²) in [5.41, 5.74) is 0. The van der Waals surface area contributed by atoms with Crippen LogP contribution in [0, 0.1) is 11.8 Å². The first-order valence-electron chi connectivity index (χ1n) is 5.10. The summed E-state index contributed by atoms with van der Waals surface area (Å²) in [7, 11) is 0. The number of hydrogen-bond donors (Lipinski definition) is 1. The highest BCUT2D eigenvalue weighted by atomic mass is 16.4. The van der Waals surface area contributed by atoms with Crippen LogP contribution in [-0.4, -0.2) is 35.0 Å². The number of amides is 1. The fourth-order valence-corrected chi connectivity index (χ4v) is 2.09. The summed E-state index contributed by atoms with van der Waals surface area (Å²) in [6, 6.07) is 0. The molecule has 1 saturated heterocycles. The van der Waals surface area contributed by atoms with Gasteiger partial charge in [-0.2, -0.15) is 0 Å². The molecule has 0 aromatic rings. The zero-order valence-electron chi connectivity index (χ0n) is 8.69. The van der Waals surface area contributed by atoms with Crippen LogP contribution >= 0.6 is 0 Å². The van der Waals surface area contributed by atoms with Crippen molar-refractivity contribution in [2.45, 2.75) is 26.7 Å². The molecular weight excluding hydrogens is 182 g/mol. The highest BCUT2D eigenvalue weighted by Gasteiger charge is 2.36. The second-order valence-electron chi connectivity index (χ2n) is 3.75. The number of nitrogens with zero attached hydrogens (tertiary/aromatic N) is 1. The first-order chi connectivity index (χ1) is 6.60. The van der Waals surface area contributed by atoms with E-state index in [2.05, 4.69) is 0 Å². The van der Waals surface area contributed by atoms with Gasteiger partial charge in [0, 0.05) is 19.5 Å². The normalized spacial score (nSPS) is 24.0. The minimum absolute atomic E-state index is 0.00458. The van der Waals surface area contributed by atoms with Crippen molar-refractivity contribution in [2.75, 3.05) is 13.1 Å². The Hall–Kier alpha value is -1.06. The molecular formula is C10H17NO3. The van der Waals surface area contributed by atoms with E-state index in [1.165, 1.54) is 0 Å². The third-order valence-corrected chi connectivity index (χ3v) is 2.95. The van der Waals surface area contributed by atoms with E-state index in [0.717, 1.165) is 0 Å². The minimum Gasteiger partial charge on any atom is -0.481 e. The third kappa shape index (κ3) is 2.05. The quantitative estimate of drug-likeness (QED) is 0.733. The maximum atomic E-state index is 11.4. The lowest BCUT2D eigenvalue weighted by atomic mass is 9.89. The molecule has 4 nitrogen and oxygen atoms in total. The molecule has 0 aromatic carbocycles. The lowest BCUT2D eigenvalue weighted by Crippen LogP contribution is -2.27. The lowest BCUT2D eigenvalue weighted by Gasteiger charge is -2.17. The minimum atomic E-state index is -0.775. The molecule has 2 unspecified atom stereocenters. The zero-order chi connectivity index (χ0) is 10.7. The van der Waals surface area contributed by atoms with Crippen molar-refractivity contribution in [1.29, 1.82) is 0 Å². The Balaban J connectivity index is 2.63. The van der Waals surface area contributed by atoms with Crippen LogP contribution in [0.15, 0.2) is 0 Å². The Morgan fingerprint density at radius 1 is 1.64 bits per heavy atom. The largest absolute Gasteiger partial charge is 0.481 e. The van der Waals surface area contributed by atoms with E-state index in [0.29, 0.717) is 25.9 Å². The average Bonchev–Trinajstić information content (AvgIpc) is 2.47. The summed E-state index contributed by atoms with van der Waals surface area (Å²) < 4.78 is 0. The number of rotatable bonds is 4. The summed E-state index contributed by atoms with van der Waals surface area (Å²) >= 11 is 0. The topological polar surface area (TPSA) is 57.6 Å². The van der Waals surface area contributed by atoms with Gasteiger partial charge in [0.15, 0.2) is 0 Å². The van der Waals surface area contributed by atoms with Gasteiger partial charge in [0.25, 0.3) is 0 Å². The van der Waals surface area contributed by atoms with E-state index in [1.54, 1.807) is 4.90 Å². The second-order valence-corrected chi connectivity index (χ2v) is 3.75. The van der Waals surface area contributed by atoms with Crippen molar-refractivity contribution in [2.24, 2.45) is 11.8 Å². The molecule has 14 heavy (non-hydrogen) atoms. The van der Waals surface area contributed by atoms with Crippen LogP contribution < -0.4 is 0 Å². The van der Waals surface area contributed by atoms with Crippen molar-refractivity contribution >= 4 is 11.9 Å². The monoisotopic (exact) mass is 199 g/mol. The summed E-state index contributed by atoms with van der Waals surface area (Å²) in [6.45, 7) is 5.07. The maximum Gasteiger partial charge on any atom is 0.306 e. The van der Waals surface area contributed by atoms with Crippen molar-refractivity contribution in [3.05, 3.63) is 0 Å². The molecule has 1 rings (SSSR count). The Bertz CT molecular complexity index is 240. The zero-order valence-corrected chi connectivity index (χ0v) is 8.69. The van der Waals surface area contributed by atoms with Gasteiger partial charge in [-0.05, 0) is 19.3 Å². The van der Waals surface area contributed by atoms with Crippen LogP contribution in [0.2, 0.25) is 0 Å². The van der Waals surface area contributed by atoms with E-state index in [4.69, 9.17) is 5.11 Å². The molecule has 0 aliphatic carbocycles. The Morgan fingerprint density at radius 2 is 2.29 bits per heavy atom. The molecule has 1 heterocycles. The predicted octanol–water partition coefficient (Wildman–Crippen LogP) is 0.966. The van der Waals surface area contributed by atoms with Crippen molar-refractivity contribution in [3.8, 4) is 0 Å². The molecule has 0 spiro atoms. The summed E-state index contributed by atoms with van der Waals surface area (Å²) in [6.07, 6.45) is 1.00. The SMILES string of the molecule is CCC(C(=O)O)C1CC(=O)N(CC)C1. The molecule has 4 heteroatoms. The van der Waals surface area contributed by atoms with E-state index < -0.39 is 5.97 Å². The summed E-state index contributed by atoms with van der Waals surface area (Å²) in [5, 5.41) is 8.95. The molecule has 0 saturated carbocycles. The van der Waals surface area contributed by atoms with Gasteiger partial charge < -0.3 is 10.0 Å². The second kappa shape index (κ2) is 4.44. The first-order valence-corrected chi connectivity index (χ1v) is 5.10. The average molecular weight is 199 g/mol. The van der Waals surface area contributed by atoms with Crippen LogP contribution in [0.1, 0.15) is 26.7 Å². The highest BCUT2D eigenvalue weighted by molar-refractivity contribution is 5.80. The van der Waals surface area contributed by atoms with E-state index >= 15 is 0 Å². The van der Waals surface area contributed by atoms with Gasteiger partial charge in [-0.1, -0.05) is 6.92 Å². The Labute approximate surface area is 83.9 Å². The number of carboxylic acids is 1. The molecule has 1 aliphatic heterocycles. The molecule has 2 atom stereocenters. The summed E-state index contributed by atoms with van der Waals surface area (Å²) in [5.74, 6) is -1.04. The summed E-state index contributed by atoms with van der Waals surface area (Å²) in [4.78, 5) is 24.0. The molecule has 0 bridgehead atoms. The number of aliphatic carboxylic acids is 1. The van der Waals surface area contributed by atoms with Gasteiger partial charge in [-0.25, -0.2) is 0 Å². The van der Waals surface area contributed by atoms with E-state index in [1.807, 2.05) is 13.8 Å². The van der Waals surface area contributed by atoms with Gasteiger partial charge in [0.05, 0.1) is 5.92 Å². The fourth-order valence-electron chi connectivity index (χ4n) is 2.09. The van der Waals surface area contributed by atoms with Crippen LogP contribution in [-0.2, 0) is 9.59 Å². The number of likely N-dealkylation sites (tertiary alicyclic amines) is 1. The molecule has 1 N–H and O–H groups in total. The van der Waals surface area contributed by atoms with Gasteiger partial charge in [-0.15, -0.1) is 0 Å². The van der Waals surface area contributed by atoms with Crippen LogP contribution in [0.3, 0.4) is 0 Å². The van der Waals surface area contributed by atoms with Gasteiger partial charge in [0.2, 0.25) is 5.91 Å². The van der Waals surface area contributed by atoms with E-state index in [-0.39, 0.29) is 17.7 Å². The highest BCUT2D eigenvalue weighted by Crippen LogP contribution is 2.27. The molecule has 0 aromatic heterocycles. The standard InChI is InChI=1S/C10H17NO3/c1-3-8(10(13)14)7-5-9(12)11(4-2)6-7/h7-8H,3-6H2,1-2H3,(H,13,14). The van der Waals surface area contributed by atoms with Crippen LogP contribution in [0.5, 0.6) is 0 Å². The molecule has 1 amide bonds. The van der Waals surface area contributed by atoms with Crippen LogP contribution in [0.25, 0.3) is 0 Å². The maximum absolute atomic E-state index is 11.4. The first kappa shape index (κ1) is 11.0. The predicted molar refractivity (Wildman–Crippen MR) is 51.8 cm³/mol. The molecule has 1 aliphatic rings. The lowest BCUT2D eigenvalue weighted by molar-refractivity contribution is -0.143. The van der Waals surface area contributed by atoms with Crippen molar-refractivity contribution < 1.29 is 14.7 Å².